The fourth-order valence-electron chi connectivity index (χ4n) is 5.88. The molecule has 1 aliphatic heterocycles. The van der Waals surface area contributed by atoms with Crippen LogP contribution in [-0.4, -0.2) is 66.2 Å². The van der Waals surface area contributed by atoms with Crippen LogP contribution in [0.4, 0.5) is 0 Å². The smallest absolute Gasteiger partial charge is 0.246 e. The van der Waals surface area contributed by atoms with Crippen molar-refractivity contribution in [1.29, 1.82) is 0 Å². The average Bonchev–Trinajstić information content (AvgIpc) is 3.65. The van der Waals surface area contributed by atoms with Gasteiger partial charge in [0.2, 0.25) is 11.8 Å². The third-order valence-corrected chi connectivity index (χ3v) is 8.76. The number of amides is 2. The van der Waals surface area contributed by atoms with E-state index < -0.39 is 6.04 Å². The zero-order valence-corrected chi connectivity index (χ0v) is 24.5. The average molecular weight is 567 g/mol. The molecule has 1 saturated heterocycles. The lowest BCUT2D eigenvalue weighted by molar-refractivity contribution is -0.139. The van der Waals surface area contributed by atoms with Gasteiger partial charge in [-0.15, -0.1) is 11.3 Å². The summed E-state index contributed by atoms with van der Waals surface area (Å²) in [4.78, 5) is 33.6. The Hall–Kier alpha value is -3.01. The molecule has 1 aromatic heterocycles. The molecule has 9 heteroatoms. The molecular formula is C31H42N4O4S. The summed E-state index contributed by atoms with van der Waals surface area (Å²) in [5.41, 5.74) is 3.70. The quantitative estimate of drug-likeness (QED) is 0.324. The Labute approximate surface area is 241 Å². The number of likely N-dealkylation sites (tertiary alicyclic amines) is 1. The van der Waals surface area contributed by atoms with Crippen molar-refractivity contribution in [1.82, 2.24) is 20.5 Å². The number of thiazole rings is 1. The number of aliphatic hydroxyl groups is 1. The van der Waals surface area contributed by atoms with Gasteiger partial charge in [0.1, 0.15) is 23.4 Å². The van der Waals surface area contributed by atoms with E-state index in [-0.39, 0.29) is 43.5 Å². The van der Waals surface area contributed by atoms with Crippen molar-refractivity contribution in [2.45, 2.75) is 64.0 Å². The van der Waals surface area contributed by atoms with Crippen LogP contribution in [0.1, 0.15) is 67.1 Å². The molecule has 2 heterocycles. The minimum atomic E-state index is -0.507. The van der Waals surface area contributed by atoms with Gasteiger partial charge in [-0.3, -0.25) is 9.59 Å². The van der Waals surface area contributed by atoms with Crippen molar-refractivity contribution in [2.24, 2.45) is 5.92 Å². The Morgan fingerprint density at radius 1 is 1.25 bits per heavy atom. The van der Waals surface area contributed by atoms with Gasteiger partial charge in [0.25, 0.3) is 0 Å². The van der Waals surface area contributed by atoms with E-state index >= 15 is 0 Å². The van der Waals surface area contributed by atoms with E-state index in [0.717, 1.165) is 65.9 Å². The minimum absolute atomic E-state index is 0.00716. The highest BCUT2D eigenvalue weighted by Crippen LogP contribution is 2.41. The Bertz CT molecular complexity index is 1200. The van der Waals surface area contributed by atoms with Gasteiger partial charge in [-0.25, -0.2) is 4.98 Å². The number of nitrogens with one attached hydrogen (secondary N) is 2. The van der Waals surface area contributed by atoms with Crippen LogP contribution in [0.25, 0.3) is 17.3 Å². The van der Waals surface area contributed by atoms with E-state index in [4.69, 9.17) is 9.72 Å². The molecule has 8 nitrogen and oxygen atoms in total. The SMILES string of the molecule is C=C/C=C\c1c(C)ccc(OCCO)c1-c1csc(C2CCCN2C(=O)C(NC(=O)CNC)C2CCCCC2)n1. The van der Waals surface area contributed by atoms with Crippen LogP contribution in [-0.2, 0) is 9.59 Å². The van der Waals surface area contributed by atoms with Crippen LogP contribution in [0, 0.1) is 12.8 Å². The summed E-state index contributed by atoms with van der Waals surface area (Å²) in [5.74, 6) is 0.679. The first kappa shape index (κ1) is 30.0. The molecule has 0 spiro atoms. The zero-order chi connectivity index (χ0) is 28.5. The normalized spacial score (nSPS) is 18.7. The van der Waals surface area contributed by atoms with Gasteiger partial charge in [-0.2, -0.15) is 0 Å². The molecule has 2 fully saturated rings. The third-order valence-electron chi connectivity index (χ3n) is 7.81. The van der Waals surface area contributed by atoms with E-state index in [1.54, 1.807) is 24.5 Å². The maximum absolute atomic E-state index is 14.0. The van der Waals surface area contributed by atoms with Crippen molar-refractivity contribution >= 4 is 29.2 Å². The number of hydrogen-bond donors (Lipinski definition) is 3. The number of aliphatic hydroxyl groups excluding tert-OH is 1. The second-order valence-corrected chi connectivity index (χ2v) is 11.5. The number of benzene rings is 1. The van der Waals surface area contributed by atoms with Gasteiger partial charge in [0.15, 0.2) is 0 Å². The summed E-state index contributed by atoms with van der Waals surface area (Å²) in [6.45, 7) is 6.80. The summed E-state index contributed by atoms with van der Waals surface area (Å²) in [6.07, 6.45) is 12.6. The molecule has 1 aliphatic carbocycles. The predicted molar refractivity (Wildman–Crippen MR) is 160 cm³/mol. The number of carbonyl (C=O) groups is 2. The lowest BCUT2D eigenvalue weighted by Gasteiger charge is -2.34. The Morgan fingerprint density at radius 3 is 2.77 bits per heavy atom. The summed E-state index contributed by atoms with van der Waals surface area (Å²) < 4.78 is 5.91. The molecule has 2 amide bonds. The monoisotopic (exact) mass is 566 g/mol. The summed E-state index contributed by atoms with van der Waals surface area (Å²) in [7, 11) is 1.74. The van der Waals surface area contributed by atoms with Crippen LogP contribution in [0.5, 0.6) is 5.75 Å². The number of nitrogens with zero attached hydrogens (tertiary/aromatic N) is 2. The number of ether oxygens (including phenoxy) is 1. The standard InChI is InChI=1S/C31H42N4O4S/c1-4-5-12-23-21(2)14-15-26(39-18-17-36)28(23)24-20-40-30(33-24)25-13-9-16-35(25)31(38)29(34-27(37)19-32-3)22-10-7-6-8-11-22/h4-5,12,14-15,20,22,25,29,32,36H,1,6-11,13,16-19H2,2-3H3,(H,34,37)/b12-5-. The predicted octanol–water partition coefficient (Wildman–Crippen LogP) is 4.64. The van der Waals surface area contributed by atoms with E-state index in [1.165, 1.54) is 6.42 Å². The molecule has 2 aliphatic rings. The summed E-state index contributed by atoms with van der Waals surface area (Å²) in [5, 5.41) is 18.2. The van der Waals surface area contributed by atoms with Crippen molar-refractivity contribution < 1.29 is 19.4 Å². The first-order chi connectivity index (χ1) is 19.5. The lowest BCUT2D eigenvalue weighted by Crippen LogP contribution is -2.53. The first-order valence-corrected chi connectivity index (χ1v) is 15.2. The molecule has 0 radical (unpaired) electrons. The molecule has 216 valence electrons. The molecule has 0 bridgehead atoms. The highest BCUT2D eigenvalue weighted by molar-refractivity contribution is 7.10. The largest absolute Gasteiger partial charge is 0.490 e. The molecule has 4 rings (SSSR count). The lowest BCUT2D eigenvalue weighted by atomic mass is 9.83. The Kier molecular flexibility index (Phi) is 10.9. The second-order valence-electron chi connectivity index (χ2n) is 10.6. The van der Waals surface area contributed by atoms with Crippen LogP contribution >= 0.6 is 11.3 Å². The number of aryl methyl sites for hydroxylation is 1. The maximum atomic E-state index is 14.0. The van der Waals surface area contributed by atoms with Crippen molar-refractivity contribution in [3.8, 4) is 17.0 Å². The van der Waals surface area contributed by atoms with Gasteiger partial charge >= 0.3 is 0 Å². The number of allylic oxidation sites excluding steroid dienone is 2. The summed E-state index contributed by atoms with van der Waals surface area (Å²) >= 11 is 1.55. The van der Waals surface area contributed by atoms with Crippen LogP contribution in [0.3, 0.4) is 0 Å². The highest BCUT2D eigenvalue weighted by Gasteiger charge is 2.39. The summed E-state index contributed by atoms with van der Waals surface area (Å²) in [6, 6.07) is 3.28. The van der Waals surface area contributed by atoms with Gasteiger partial charge in [0.05, 0.1) is 30.5 Å². The van der Waals surface area contributed by atoms with Crippen LogP contribution in [0.2, 0.25) is 0 Å². The van der Waals surface area contributed by atoms with E-state index in [1.807, 2.05) is 41.5 Å². The molecule has 2 unspecified atom stereocenters. The molecule has 2 aromatic rings. The molecule has 3 N–H and O–H groups in total. The van der Waals surface area contributed by atoms with E-state index in [9.17, 15) is 14.7 Å². The van der Waals surface area contributed by atoms with Crippen molar-refractivity contribution in [3.63, 3.8) is 0 Å². The van der Waals surface area contributed by atoms with E-state index in [2.05, 4.69) is 17.2 Å². The minimum Gasteiger partial charge on any atom is -0.490 e. The fraction of sp³-hybridized carbons (Fsp3) is 0.516. The van der Waals surface area contributed by atoms with Gasteiger partial charge in [-0.05, 0) is 62.8 Å². The van der Waals surface area contributed by atoms with Crippen LogP contribution < -0.4 is 15.4 Å². The Balaban J connectivity index is 1.64. The highest BCUT2D eigenvalue weighted by atomic mass is 32.1. The van der Waals surface area contributed by atoms with Crippen molar-refractivity contribution in [3.05, 3.63) is 52.4 Å². The van der Waals surface area contributed by atoms with Gasteiger partial charge in [0, 0.05) is 11.9 Å². The second kappa shape index (κ2) is 14.6. The number of likely N-dealkylation sites (N-methyl/N-ethyl adjacent to an activating group) is 1. The molecule has 1 saturated carbocycles. The zero-order valence-electron chi connectivity index (χ0n) is 23.7. The number of hydrogen-bond acceptors (Lipinski definition) is 7. The molecular weight excluding hydrogens is 524 g/mol. The van der Waals surface area contributed by atoms with Crippen LogP contribution in [0.15, 0.2) is 36.2 Å². The van der Waals surface area contributed by atoms with E-state index in [0.29, 0.717) is 12.3 Å². The Morgan fingerprint density at radius 2 is 2.05 bits per heavy atom. The van der Waals surface area contributed by atoms with Gasteiger partial charge < -0.3 is 25.4 Å². The number of carbonyl (C=O) groups excluding carboxylic acids is 2. The maximum Gasteiger partial charge on any atom is 0.246 e. The molecule has 2 atom stereocenters. The number of aromatic nitrogens is 1. The molecule has 1 aromatic carbocycles. The number of rotatable bonds is 12. The first-order valence-electron chi connectivity index (χ1n) is 14.3. The fourth-order valence-corrected chi connectivity index (χ4v) is 6.83. The topological polar surface area (TPSA) is 104 Å². The third kappa shape index (κ3) is 7.00. The van der Waals surface area contributed by atoms with Crippen molar-refractivity contribution in [2.75, 3.05) is 33.4 Å². The molecule has 40 heavy (non-hydrogen) atoms. The van der Waals surface area contributed by atoms with Gasteiger partial charge in [-0.1, -0.05) is 50.1 Å².